The van der Waals surface area contributed by atoms with Crippen LogP contribution in [-0.4, -0.2) is 39.5 Å². The first-order valence-electron chi connectivity index (χ1n) is 11.7. The highest BCUT2D eigenvalue weighted by atomic mass is 35.5. The summed E-state index contributed by atoms with van der Waals surface area (Å²) in [5.74, 6) is 0.894. The highest BCUT2D eigenvalue weighted by Crippen LogP contribution is 2.38. The summed E-state index contributed by atoms with van der Waals surface area (Å²) in [6.07, 6.45) is 6.50. The van der Waals surface area contributed by atoms with E-state index in [0.717, 1.165) is 54.1 Å². The maximum Gasteiger partial charge on any atom is 0.286 e. The Morgan fingerprint density at radius 3 is 2.49 bits per heavy atom. The average Bonchev–Trinajstić information content (AvgIpc) is 3.04. The molecule has 2 aromatic carbocycles. The van der Waals surface area contributed by atoms with Gasteiger partial charge in [0.05, 0.1) is 16.4 Å². The molecule has 2 aliphatic rings. The summed E-state index contributed by atoms with van der Waals surface area (Å²) >= 11 is 14.4. The lowest BCUT2D eigenvalue weighted by Crippen LogP contribution is -2.43. The highest BCUT2D eigenvalue weighted by molar-refractivity contribution is 7.99. The van der Waals surface area contributed by atoms with Gasteiger partial charge in [-0.05, 0) is 60.4 Å². The van der Waals surface area contributed by atoms with Crippen LogP contribution in [-0.2, 0) is 5.75 Å². The topological polar surface area (TPSA) is 50.2 Å². The van der Waals surface area contributed by atoms with E-state index in [0.29, 0.717) is 27.2 Å². The van der Waals surface area contributed by atoms with Crippen molar-refractivity contribution in [1.29, 1.82) is 0 Å². The lowest BCUT2D eigenvalue weighted by Gasteiger charge is -2.21. The van der Waals surface area contributed by atoms with Crippen LogP contribution in [0, 0.1) is 5.82 Å². The first-order valence-corrected chi connectivity index (χ1v) is 13.6. The van der Waals surface area contributed by atoms with Crippen LogP contribution in [0.5, 0.6) is 0 Å². The molecule has 0 unspecified atom stereocenters. The summed E-state index contributed by atoms with van der Waals surface area (Å²) in [6.45, 7) is 1.67. The SMILES string of the molecule is O=C(NN1CCCCCC1)c1nn(-c2ccc(Cl)cc2Cl)c2c1CSC/C2=C\c1ccc(F)cc1. The number of hydrogen-bond donors (Lipinski definition) is 1. The summed E-state index contributed by atoms with van der Waals surface area (Å²) in [7, 11) is 0. The molecule has 0 spiro atoms. The number of benzene rings is 2. The van der Waals surface area contributed by atoms with E-state index in [1.165, 1.54) is 25.0 Å². The van der Waals surface area contributed by atoms with Gasteiger partial charge in [0.15, 0.2) is 5.69 Å². The van der Waals surface area contributed by atoms with Gasteiger partial charge in [-0.15, -0.1) is 0 Å². The number of carbonyl (C=O) groups excluding carboxylic acids is 1. The fourth-order valence-electron chi connectivity index (χ4n) is 4.51. The fraction of sp³-hybridized carbons (Fsp3) is 0.308. The molecule has 0 bridgehead atoms. The third kappa shape index (κ3) is 5.43. The van der Waals surface area contributed by atoms with Gasteiger partial charge in [0.1, 0.15) is 5.82 Å². The maximum atomic E-state index is 13.5. The highest BCUT2D eigenvalue weighted by Gasteiger charge is 2.30. The van der Waals surface area contributed by atoms with Gasteiger partial charge in [0.2, 0.25) is 0 Å². The van der Waals surface area contributed by atoms with Gasteiger partial charge in [-0.3, -0.25) is 10.2 Å². The van der Waals surface area contributed by atoms with Gasteiger partial charge in [0, 0.05) is 35.2 Å². The molecule has 5 nitrogen and oxygen atoms in total. The minimum absolute atomic E-state index is 0.212. The van der Waals surface area contributed by atoms with E-state index >= 15 is 0 Å². The standard InChI is InChI=1S/C26H25Cl2FN4OS/c27-19-7-10-23(22(28)14-19)33-25-18(13-17-5-8-20(29)9-6-17)15-35-16-21(25)24(30-33)26(34)31-32-11-3-1-2-4-12-32/h5-10,13-14H,1-4,11-12,15-16H2,(H,31,34)/b18-13+. The summed E-state index contributed by atoms with van der Waals surface area (Å²) in [5.41, 5.74) is 7.71. The fourth-order valence-corrected chi connectivity index (χ4v) is 6.02. The monoisotopic (exact) mass is 530 g/mol. The molecule has 1 fully saturated rings. The Hall–Kier alpha value is -2.32. The Kier molecular flexibility index (Phi) is 7.48. The number of amides is 1. The summed E-state index contributed by atoms with van der Waals surface area (Å²) < 4.78 is 15.2. The lowest BCUT2D eigenvalue weighted by molar-refractivity contribution is 0.0787. The number of carbonyl (C=O) groups is 1. The lowest BCUT2D eigenvalue weighted by atomic mass is 10.0. The Morgan fingerprint density at radius 2 is 1.77 bits per heavy atom. The summed E-state index contributed by atoms with van der Waals surface area (Å²) in [6, 6.07) is 11.6. The normalized spacial score (nSPS) is 17.7. The van der Waals surface area contributed by atoms with E-state index in [1.54, 1.807) is 40.7 Å². The van der Waals surface area contributed by atoms with Crippen LogP contribution in [0.4, 0.5) is 4.39 Å². The molecule has 35 heavy (non-hydrogen) atoms. The molecule has 0 radical (unpaired) electrons. The maximum absolute atomic E-state index is 13.5. The number of hydrazine groups is 1. The number of fused-ring (bicyclic) bond motifs is 1. The van der Waals surface area contributed by atoms with Gasteiger partial charge < -0.3 is 0 Å². The van der Waals surface area contributed by atoms with E-state index in [4.69, 9.17) is 28.3 Å². The third-order valence-corrected chi connectivity index (χ3v) is 7.77. The zero-order valence-electron chi connectivity index (χ0n) is 19.1. The molecule has 1 amide bonds. The van der Waals surface area contributed by atoms with Gasteiger partial charge >= 0.3 is 0 Å². The van der Waals surface area contributed by atoms with Crippen molar-refractivity contribution in [3.8, 4) is 5.69 Å². The van der Waals surface area contributed by atoms with Crippen molar-refractivity contribution in [2.45, 2.75) is 31.4 Å². The van der Waals surface area contributed by atoms with E-state index in [1.807, 2.05) is 17.2 Å². The smallest absolute Gasteiger partial charge is 0.283 e. The predicted molar refractivity (Wildman–Crippen MR) is 142 cm³/mol. The van der Waals surface area contributed by atoms with Crippen LogP contribution >= 0.6 is 35.0 Å². The van der Waals surface area contributed by atoms with Crippen molar-refractivity contribution >= 4 is 52.5 Å². The number of hydrogen-bond acceptors (Lipinski definition) is 4. The second-order valence-corrected chi connectivity index (χ2v) is 10.6. The second-order valence-electron chi connectivity index (χ2n) is 8.74. The van der Waals surface area contributed by atoms with E-state index in [-0.39, 0.29) is 11.7 Å². The number of nitrogens with zero attached hydrogens (tertiary/aromatic N) is 3. The molecule has 0 saturated carbocycles. The van der Waals surface area contributed by atoms with Gasteiger partial charge in [-0.25, -0.2) is 14.1 Å². The number of nitrogens with one attached hydrogen (secondary N) is 1. The summed E-state index contributed by atoms with van der Waals surface area (Å²) in [5, 5.41) is 7.76. The first kappa shape index (κ1) is 24.4. The van der Waals surface area contributed by atoms with Crippen molar-refractivity contribution in [1.82, 2.24) is 20.2 Å². The largest absolute Gasteiger partial charge is 0.286 e. The number of aromatic nitrogens is 2. The molecule has 1 aromatic heterocycles. The third-order valence-electron chi connectivity index (χ3n) is 6.22. The van der Waals surface area contributed by atoms with Crippen LogP contribution in [0.15, 0.2) is 42.5 Å². The van der Waals surface area contributed by atoms with Crippen molar-refractivity contribution in [2.75, 3.05) is 18.8 Å². The molecule has 2 aliphatic heterocycles. The number of thioether (sulfide) groups is 1. The molecule has 3 heterocycles. The Bertz CT molecular complexity index is 1270. The van der Waals surface area contributed by atoms with Crippen LogP contribution in [0.2, 0.25) is 10.0 Å². The van der Waals surface area contributed by atoms with Crippen molar-refractivity contribution in [3.05, 3.63) is 80.8 Å². The van der Waals surface area contributed by atoms with Crippen molar-refractivity contribution in [2.24, 2.45) is 0 Å². The zero-order chi connectivity index (χ0) is 24.4. The van der Waals surface area contributed by atoms with E-state index < -0.39 is 0 Å². The molecular weight excluding hydrogens is 506 g/mol. The molecule has 9 heteroatoms. The predicted octanol–water partition coefficient (Wildman–Crippen LogP) is 6.63. The molecule has 0 aliphatic carbocycles. The molecular formula is C26H25Cl2FN4OS. The molecule has 3 aromatic rings. The number of rotatable bonds is 4. The first-order chi connectivity index (χ1) is 17.0. The zero-order valence-corrected chi connectivity index (χ0v) is 21.4. The van der Waals surface area contributed by atoms with Crippen molar-refractivity contribution in [3.63, 3.8) is 0 Å². The van der Waals surface area contributed by atoms with Gasteiger partial charge in [0.25, 0.3) is 5.91 Å². The van der Waals surface area contributed by atoms with Crippen LogP contribution in [0.3, 0.4) is 0 Å². The van der Waals surface area contributed by atoms with Crippen LogP contribution in [0.1, 0.15) is 53.0 Å². The minimum atomic E-state index is -0.281. The number of halogens is 3. The molecule has 0 atom stereocenters. The Balaban J connectivity index is 1.60. The molecule has 1 N–H and O–H groups in total. The molecule has 1 saturated heterocycles. The van der Waals surface area contributed by atoms with Crippen LogP contribution < -0.4 is 5.43 Å². The second kappa shape index (κ2) is 10.7. The van der Waals surface area contributed by atoms with Crippen LogP contribution in [0.25, 0.3) is 17.3 Å². The molecule has 5 rings (SSSR count). The van der Waals surface area contributed by atoms with E-state index in [9.17, 15) is 9.18 Å². The minimum Gasteiger partial charge on any atom is -0.283 e. The van der Waals surface area contributed by atoms with Gasteiger partial charge in [-0.2, -0.15) is 16.9 Å². The summed E-state index contributed by atoms with van der Waals surface area (Å²) in [4.78, 5) is 13.4. The van der Waals surface area contributed by atoms with Crippen molar-refractivity contribution < 1.29 is 9.18 Å². The van der Waals surface area contributed by atoms with Gasteiger partial charge in [-0.1, -0.05) is 48.2 Å². The Labute approximate surface area is 218 Å². The molecule has 182 valence electrons. The average molecular weight is 531 g/mol. The Morgan fingerprint density at radius 1 is 1.03 bits per heavy atom. The van der Waals surface area contributed by atoms with E-state index in [2.05, 4.69) is 5.43 Å². The quantitative estimate of drug-likeness (QED) is 0.411.